The molecule has 4 heteroatoms. The van der Waals surface area contributed by atoms with E-state index < -0.39 is 0 Å². The molecule has 0 spiro atoms. The number of carbonyl (C=O) groups excluding carboxylic acids is 1. The van der Waals surface area contributed by atoms with E-state index in [2.05, 4.69) is 48.0 Å². The van der Waals surface area contributed by atoms with Gasteiger partial charge in [0.05, 0.1) is 6.54 Å². The van der Waals surface area contributed by atoms with Crippen molar-refractivity contribution in [3.8, 4) is 0 Å². The van der Waals surface area contributed by atoms with Crippen LogP contribution in [0.25, 0.3) is 0 Å². The number of rotatable bonds is 6. The zero-order chi connectivity index (χ0) is 17.5. The molecule has 1 N–H and O–H groups in total. The molecule has 0 aliphatic heterocycles. The van der Waals surface area contributed by atoms with Crippen LogP contribution < -0.4 is 5.32 Å². The molecule has 1 aliphatic rings. The fourth-order valence-corrected chi connectivity index (χ4v) is 4.33. The van der Waals surface area contributed by atoms with Gasteiger partial charge in [-0.3, -0.25) is 0 Å². The predicted molar refractivity (Wildman–Crippen MR) is 105 cm³/mol. The standard InChI is InChI=1S/C21H28N2OS/c1-17-13-15-25-20(17)16-23(14-12-18-8-4-2-5-9-18)21(24)22-19-10-6-3-7-11-19/h2,4-5,8-9,13,15,19H,3,6-7,10-12,14,16H2,1H3,(H,22,24). The van der Waals surface area contributed by atoms with Gasteiger partial charge in [-0.2, -0.15) is 0 Å². The summed E-state index contributed by atoms with van der Waals surface area (Å²) in [4.78, 5) is 16.2. The Morgan fingerprint density at radius 3 is 2.60 bits per heavy atom. The topological polar surface area (TPSA) is 32.3 Å². The third-order valence-electron chi connectivity index (χ3n) is 5.04. The first-order valence-electron chi connectivity index (χ1n) is 9.34. The molecule has 0 atom stereocenters. The van der Waals surface area contributed by atoms with Gasteiger partial charge in [0.25, 0.3) is 0 Å². The van der Waals surface area contributed by atoms with E-state index in [0.717, 1.165) is 25.8 Å². The monoisotopic (exact) mass is 356 g/mol. The Morgan fingerprint density at radius 2 is 1.92 bits per heavy atom. The Labute approximate surface area is 155 Å². The van der Waals surface area contributed by atoms with Gasteiger partial charge in [0.2, 0.25) is 0 Å². The molecule has 3 nitrogen and oxygen atoms in total. The van der Waals surface area contributed by atoms with Crippen LogP contribution in [0.5, 0.6) is 0 Å². The summed E-state index contributed by atoms with van der Waals surface area (Å²) in [6, 6.07) is 13.0. The number of thiophene rings is 1. The average molecular weight is 357 g/mol. The van der Waals surface area contributed by atoms with Gasteiger partial charge in [0.1, 0.15) is 0 Å². The first-order chi connectivity index (χ1) is 12.2. The lowest BCUT2D eigenvalue weighted by atomic mass is 9.96. The van der Waals surface area contributed by atoms with E-state index in [1.54, 1.807) is 11.3 Å². The van der Waals surface area contributed by atoms with Crippen LogP contribution in [0.1, 0.15) is 48.1 Å². The second kappa shape index (κ2) is 9.04. The lowest BCUT2D eigenvalue weighted by Gasteiger charge is -2.28. The maximum atomic E-state index is 12.9. The summed E-state index contributed by atoms with van der Waals surface area (Å²) in [7, 11) is 0. The lowest BCUT2D eigenvalue weighted by Crippen LogP contribution is -2.45. The maximum Gasteiger partial charge on any atom is 0.317 e. The Balaban J connectivity index is 1.64. The van der Waals surface area contributed by atoms with Crippen molar-refractivity contribution in [2.45, 2.75) is 58.0 Å². The highest BCUT2D eigenvalue weighted by molar-refractivity contribution is 7.10. The van der Waals surface area contributed by atoms with E-state index in [0.29, 0.717) is 12.6 Å². The number of benzene rings is 1. The van der Waals surface area contributed by atoms with E-state index in [9.17, 15) is 4.79 Å². The van der Waals surface area contributed by atoms with Gasteiger partial charge in [-0.05, 0) is 48.8 Å². The molecule has 134 valence electrons. The molecule has 0 saturated heterocycles. The van der Waals surface area contributed by atoms with Crippen LogP contribution in [0.3, 0.4) is 0 Å². The quantitative estimate of drug-likeness (QED) is 0.763. The summed E-state index contributed by atoms with van der Waals surface area (Å²) in [5, 5.41) is 5.39. The van der Waals surface area contributed by atoms with E-state index in [-0.39, 0.29) is 6.03 Å². The second-order valence-corrected chi connectivity index (χ2v) is 7.97. The third-order valence-corrected chi connectivity index (χ3v) is 6.04. The van der Waals surface area contributed by atoms with Crippen molar-refractivity contribution in [1.82, 2.24) is 10.2 Å². The van der Waals surface area contributed by atoms with Crippen molar-refractivity contribution in [1.29, 1.82) is 0 Å². The molecule has 2 aromatic rings. The van der Waals surface area contributed by atoms with Crippen LogP contribution in [0.15, 0.2) is 41.8 Å². The van der Waals surface area contributed by atoms with Crippen LogP contribution in [-0.2, 0) is 13.0 Å². The molecule has 1 aromatic heterocycles. The molecule has 0 bridgehead atoms. The van der Waals surface area contributed by atoms with E-state index in [1.165, 1.54) is 35.3 Å². The van der Waals surface area contributed by atoms with Gasteiger partial charge in [-0.1, -0.05) is 49.6 Å². The number of hydrogen-bond acceptors (Lipinski definition) is 2. The number of urea groups is 1. The van der Waals surface area contributed by atoms with Crippen LogP contribution in [0, 0.1) is 6.92 Å². The summed E-state index contributed by atoms with van der Waals surface area (Å²) in [5.41, 5.74) is 2.56. The number of aryl methyl sites for hydroxylation is 1. The number of nitrogens with zero attached hydrogens (tertiary/aromatic N) is 1. The molecule has 3 rings (SSSR count). The minimum atomic E-state index is 0.0932. The summed E-state index contributed by atoms with van der Waals surface area (Å²) >= 11 is 1.74. The number of amides is 2. The number of carbonyl (C=O) groups is 1. The fourth-order valence-electron chi connectivity index (χ4n) is 3.41. The summed E-state index contributed by atoms with van der Waals surface area (Å²) < 4.78 is 0. The molecule has 1 saturated carbocycles. The Bertz CT molecular complexity index is 662. The van der Waals surface area contributed by atoms with Gasteiger partial charge >= 0.3 is 6.03 Å². The third kappa shape index (κ3) is 5.33. The Hall–Kier alpha value is -1.81. The molecule has 1 heterocycles. The van der Waals surface area contributed by atoms with Crippen molar-refractivity contribution >= 4 is 17.4 Å². The van der Waals surface area contributed by atoms with Gasteiger partial charge in [0, 0.05) is 17.5 Å². The van der Waals surface area contributed by atoms with Gasteiger partial charge in [-0.25, -0.2) is 4.79 Å². The highest BCUT2D eigenvalue weighted by Gasteiger charge is 2.20. The maximum absolute atomic E-state index is 12.9. The smallest absolute Gasteiger partial charge is 0.317 e. The zero-order valence-electron chi connectivity index (χ0n) is 15.0. The largest absolute Gasteiger partial charge is 0.335 e. The van der Waals surface area contributed by atoms with Gasteiger partial charge in [-0.15, -0.1) is 11.3 Å². The van der Waals surface area contributed by atoms with E-state index in [4.69, 9.17) is 0 Å². The highest BCUT2D eigenvalue weighted by Crippen LogP contribution is 2.20. The van der Waals surface area contributed by atoms with Crippen LogP contribution in [0.2, 0.25) is 0 Å². The predicted octanol–water partition coefficient (Wildman–Crippen LogP) is 5.14. The number of hydrogen-bond donors (Lipinski definition) is 1. The minimum Gasteiger partial charge on any atom is -0.335 e. The summed E-state index contributed by atoms with van der Waals surface area (Å²) in [5.74, 6) is 0. The summed E-state index contributed by atoms with van der Waals surface area (Å²) in [6.45, 7) is 3.58. The molecule has 0 unspecified atom stereocenters. The zero-order valence-corrected chi connectivity index (χ0v) is 15.9. The molecular weight excluding hydrogens is 328 g/mol. The average Bonchev–Trinajstić information content (AvgIpc) is 3.05. The van der Waals surface area contributed by atoms with Crippen molar-refractivity contribution in [2.75, 3.05) is 6.54 Å². The summed E-state index contributed by atoms with van der Waals surface area (Å²) in [6.07, 6.45) is 6.91. The molecule has 1 aromatic carbocycles. The molecule has 1 fully saturated rings. The van der Waals surface area contributed by atoms with E-state index in [1.807, 2.05) is 11.0 Å². The number of nitrogens with one attached hydrogen (secondary N) is 1. The highest BCUT2D eigenvalue weighted by atomic mass is 32.1. The minimum absolute atomic E-state index is 0.0932. The van der Waals surface area contributed by atoms with Crippen LogP contribution >= 0.6 is 11.3 Å². The SMILES string of the molecule is Cc1ccsc1CN(CCc1ccccc1)C(=O)NC1CCCCC1. The van der Waals surface area contributed by atoms with E-state index >= 15 is 0 Å². The molecule has 1 aliphatic carbocycles. The van der Waals surface area contributed by atoms with Crippen molar-refractivity contribution in [3.63, 3.8) is 0 Å². The Morgan fingerprint density at radius 1 is 1.16 bits per heavy atom. The lowest BCUT2D eigenvalue weighted by molar-refractivity contribution is 0.188. The molecular formula is C21H28N2OS. The normalized spacial score (nSPS) is 15.1. The van der Waals surface area contributed by atoms with Crippen LogP contribution in [-0.4, -0.2) is 23.5 Å². The van der Waals surface area contributed by atoms with Gasteiger partial charge < -0.3 is 10.2 Å². The first kappa shape index (κ1) is 18.0. The fraction of sp³-hybridized carbons (Fsp3) is 0.476. The molecule has 0 radical (unpaired) electrons. The van der Waals surface area contributed by atoms with Crippen molar-refractivity contribution in [3.05, 3.63) is 57.8 Å². The van der Waals surface area contributed by atoms with Crippen molar-refractivity contribution in [2.24, 2.45) is 0 Å². The Kier molecular flexibility index (Phi) is 6.51. The van der Waals surface area contributed by atoms with Crippen molar-refractivity contribution < 1.29 is 4.79 Å². The molecule has 2 amide bonds. The molecule has 25 heavy (non-hydrogen) atoms. The van der Waals surface area contributed by atoms with Crippen LogP contribution in [0.4, 0.5) is 4.79 Å². The second-order valence-electron chi connectivity index (χ2n) is 6.97. The first-order valence-corrected chi connectivity index (χ1v) is 10.2. The van der Waals surface area contributed by atoms with Gasteiger partial charge in [0.15, 0.2) is 0 Å².